The number of hydrogen-bond donors (Lipinski definition) is 0. The van der Waals surface area contributed by atoms with Crippen LogP contribution in [0.3, 0.4) is 0 Å². The Morgan fingerprint density at radius 1 is 1.47 bits per heavy atom. The van der Waals surface area contributed by atoms with Gasteiger partial charge in [-0.25, -0.2) is 4.79 Å². The van der Waals surface area contributed by atoms with Crippen LogP contribution < -0.4 is 0 Å². The Bertz CT molecular complexity index is 445. The van der Waals surface area contributed by atoms with Crippen molar-refractivity contribution in [1.82, 2.24) is 0 Å². The van der Waals surface area contributed by atoms with Gasteiger partial charge in [0.25, 0.3) is 0 Å². The fourth-order valence-corrected chi connectivity index (χ4v) is 1.22. The second-order valence-corrected chi connectivity index (χ2v) is 3.16. The summed E-state index contributed by atoms with van der Waals surface area (Å²) in [5.74, 6) is -0.322. The van der Waals surface area contributed by atoms with Crippen molar-refractivity contribution in [2.24, 2.45) is 5.11 Å². The lowest BCUT2D eigenvalue weighted by atomic mass is 10.1. The first-order chi connectivity index (χ1) is 8.27. The van der Waals surface area contributed by atoms with E-state index in [2.05, 4.69) is 10.0 Å². The summed E-state index contributed by atoms with van der Waals surface area (Å²) in [6.07, 6.45) is 3.57. The Hall–Kier alpha value is -2.26. The van der Waals surface area contributed by atoms with Crippen LogP contribution in [0.2, 0.25) is 0 Å². The van der Waals surface area contributed by atoms with E-state index in [-0.39, 0.29) is 5.97 Å². The van der Waals surface area contributed by atoms with Crippen LogP contribution in [0.5, 0.6) is 0 Å². The van der Waals surface area contributed by atoms with Gasteiger partial charge in [-0.3, -0.25) is 0 Å². The summed E-state index contributed by atoms with van der Waals surface area (Å²) < 4.78 is 4.87. The van der Waals surface area contributed by atoms with Crippen molar-refractivity contribution in [1.29, 1.82) is 0 Å². The molecule has 1 aromatic carbocycles. The summed E-state index contributed by atoms with van der Waals surface area (Å²) >= 11 is 0. The average Bonchev–Trinajstić information content (AvgIpc) is 2.36. The molecule has 0 saturated heterocycles. The van der Waals surface area contributed by atoms with Gasteiger partial charge in [0, 0.05) is 11.5 Å². The fraction of sp³-hybridized carbons (Fsp3) is 0.250. The molecule has 0 N–H and O–H groups in total. The molecule has 0 aliphatic carbocycles. The lowest BCUT2D eigenvalue weighted by Gasteiger charge is -2.01. The van der Waals surface area contributed by atoms with Crippen LogP contribution in [0.4, 0.5) is 0 Å². The number of benzene rings is 1. The van der Waals surface area contributed by atoms with Gasteiger partial charge in [-0.2, -0.15) is 0 Å². The first-order valence-electron chi connectivity index (χ1n) is 5.22. The monoisotopic (exact) mass is 231 g/mol. The number of rotatable bonds is 5. The number of azide groups is 1. The maximum Gasteiger partial charge on any atom is 0.338 e. The highest BCUT2D eigenvalue weighted by Crippen LogP contribution is 2.07. The number of carbonyl (C=O) groups excluding carboxylic acids is 1. The van der Waals surface area contributed by atoms with Gasteiger partial charge in [0.05, 0.1) is 12.2 Å². The fourth-order valence-electron chi connectivity index (χ4n) is 1.22. The minimum atomic E-state index is -0.322. The van der Waals surface area contributed by atoms with Crippen LogP contribution in [-0.4, -0.2) is 19.1 Å². The molecule has 0 atom stereocenters. The predicted octanol–water partition coefficient (Wildman–Crippen LogP) is 3.19. The van der Waals surface area contributed by atoms with Crippen LogP contribution in [-0.2, 0) is 4.74 Å². The van der Waals surface area contributed by atoms with Crippen LogP contribution in [0.1, 0.15) is 22.8 Å². The maximum absolute atomic E-state index is 11.4. The quantitative estimate of drug-likeness (QED) is 0.338. The highest BCUT2D eigenvalue weighted by molar-refractivity contribution is 5.89. The Morgan fingerprint density at radius 2 is 2.18 bits per heavy atom. The van der Waals surface area contributed by atoms with Gasteiger partial charge in [0.1, 0.15) is 0 Å². The Labute approximate surface area is 99.3 Å². The minimum absolute atomic E-state index is 0.316. The molecule has 0 saturated carbocycles. The van der Waals surface area contributed by atoms with Crippen LogP contribution >= 0.6 is 0 Å². The van der Waals surface area contributed by atoms with E-state index >= 15 is 0 Å². The van der Waals surface area contributed by atoms with Crippen molar-refractivity contribution in [3.8, 4) is 0 Å². The van der Waals surface area contributed by atoms with Crippen LogP contribution in [0, 0.1) is 0 Å². The SMILES string of the molecule is CCOC(=O)c1ccc(C=CCN=[N+]=[N-])cc1. The number of carbonyl (C=O) groups is 1. The summed E-state index contributed by atoms with van der Waals surface area (Å²) in [7, 11) is 0. The molecule has 0 aromatic heterocycles. The van der Waals surface area contributed by atoms with Gasteiger partial charge < -0.3 is 4.74 Å². The molecule has 0 heterocycles. The first kappa shape index (κ1) is 12.8. The smallest absolute Gasteiger partial charge is 0.338 e. The van der Waals surface area contributed by atoms with E-state index in [0.717, 1.165) is 5.56 Å². The minimum Gasteiger partial charge on any atom is -0.462 e. The van der Waals surface area contributed by atoms with Crippen molar-refractivity contribution >= 4 is 12.0 Å². The molecular weight excluding hydrogens is 218 g/mol. The third-order valence-electron chi connectivity index (χ3n) is 1.98. The van der Waals surface area contributed by atoms with Gasteiger partial charge in [-0.1, -0.05) is 29.4 Å². The molecule has 0 radical (unpaired) electrons. The van der Waals surface area contributed by atoms with E-state index in [9.17, 15) is 4.79 Å². The normalized spacial score (nSPS) is 9.94. The topological polar surface area (TPSA) is 75.1 Å². The molecule has 5 heteroatoms. The molecule has 1 aromatic rings. The zero-order valence-corrected chi connectivity index (χ0v) is 9.54. The number of nitrogens with zero attached hydrogens (tertiary/aromatic N) is 3. The molecule has 17 heavy (non-hydrogen) atoms. The molecule has 0 bridgehead atoms. The van der Waals surface area contributed by atoms with E-state index in [1.165, 1.54) is 0 Å². The van der Waals surface area contributed by atoms with Gasteiger partial charge in [0.15, 0.2) is 0 Å². The number of ether oxygens (including phenoxy) is 1. The van der Waals surface area contributed by atoms with Crippen molar-refractivity contribution in [3.63, 3.8) is 0 Å². The highest BCUT2D eigenvalue weighted by Gasteiger charge is 2.04. The molecule has 0 aliphatic rings. The second kappa shape index (κ2) is 7.09. The van der Waals surface area contributed by atoms with E-state index < -0.39 is 0 Å². The molecule has 0 spiro atoms. The van der Waals surface area contributed by atoms with Gasteiger partial charge in [0.2, 0.25) is 0 Å². The zero-order chi connectivity index (χ0) is 12.5. The third-order valence-corrected chi connectivity index (χ3v) is 1.98. The summed E-state index contributed by atoms with van der Waals surface area (Å²) in [6, 6.07) is 7.01. The van der Waals surface area contributed by atoms with E-state index in [0.29, 0.717) is 18.7 Å². The van der Waals surface area contributed by atoms with E-state index in [1.54, 1.807) is 37.3 Å². The van der Waals surface area contributed by atoms with Gasteiger partial charge >= 0.3 is 5.97 Å². The first-order valence-corrected chi connectivity index (χ1v) is 5.22. The molecule has 0 fully saturated rings. The van der Waals surface area contributed by atoms with Crippen molar-refractivity contribution in [3.05, 3.63) is 51.9 Å². The lowest BCUT2D eigenvalue weighted by Crippen LogP contribution is -2.03. The molecule has 5 nitrogen and oxygen atoms in total. The van der Waals surface area contributed by atoms with Crippen LogP contribution in [0.25, 0.3) is 16.5 Å². The highest BCUT2D eigenvalue weighted by atomic mass is 16.5. The Balaban J connectivity index is 2.64. The zero-order valence-electron chi connectivity index (χ0n) is 9.54. The number of esters is 1. The summed E-state index contributed by atoms with van der Waals surface area (Å²) in [5.41, 5.74) is 9.55. The van der Waals surface area contributed by atoms with Crippen molar-refractivity contribution in [2.75, 3.05) is 13.2 Å². The van der Waals surface area contributed by atoms with Gasteiger partial charge in [-0.05, 0) is 30.2 Å². The third kappa shape index (κ3) is 4.40. The van der Waals surface area contributed by atoms with Crippen molar-refractivity contribution < 1.29 is 9.53 Å². The molecule has 0 unspecified atom stereocenters. The Kier molecular flexibility index (Phi) is 5.34. The maximum atomic E-state index is 11.4. The van der Waals surface area contributed by atoms with E-state index in [1.807, 2.05) is 6.08 Å². The van der Waals surface area contributed by atoms with Crippen molar-refractivity contribution in [2.45, 2.75) is 6.92 Å². The number of hydrogen-bond acceptors (Lipinski definition) is 3. The standard InChI is InChI=1S/C12H13N3O2/c1-2-17-12(16)11-7-5-10(6-8-11)4-3-9-14-15-13/h3-8H,2,9H2,1H3. The largest absolute Gasteiger partial charge is 0.462 e. The summed E-state index contributed by atoms with van der Waals surface area (Å²) in [5, 5.41) is 3.38. The summed E-state index contributed by atoms with van der Waals surface area (Å²) in [6.45, 7) is 2.45. The molecule has 1 rings (SSSR count). The average molecular weight is 231 g/mol. The molecule has 0 aliphatic heterocycles. The molecule has 0 amide bonds. The lowest BCUT2D eigenvalue weighted by molar-refractivity contribution is 0.0526. The molecular formula is C12H13N3O2. The Morgan fingerprint density at radius 3 is 2.76 bits per heavy atom. The van der Waals surface area contributed by atoms with Gasteiger partial charge in [-0.15, -0.1) is 0 Å². The predicted molar refractivity (Wildman–Crippen MR) is 65.4 cm³/mol. The van der Waals surface area contributed by atoms with Crippen LogP contribution in [0.15, 0.2) is 35.5 Å². The second-order valence-electron chi connectivity index (χ2n) is 3.16. The van der Waals surface area contributed by atoms with E-state index in [4.69, 9.17) is 10.3 Å². The molecule has 88 valence electrons. The summed E-state index contributed by atoms with van der Waals surface area (Å²) in [4.78, 5) is 14.0.